The maximum atomic E-state index is 12.7. The molecule has 0 aromatic rings. The van der Waals surface area contributed by atoms with Crippen LogP contribution in [0.4, 0.5) is 0 Å². The lowest BCUT2D eigenvalue weighted by Crippen LogP contribution is -2.29. The number of phosphoric ester groups is 1. The van der Waals surface area contributed by atoms with Crippen LogP contribution in [0.3, 0.4) is 0 Å². The van der Waals surface area contributed by atoms with Crippen LogP contribution in [0.5, 0.6) is 0 Å². The molecular formula is C71H114NO8P. The number of esters is 2. The fourth-order valence-electron chi connectivity index (χ4n) is 8.01. The maximum Gasteiger partial charge on any atom is 0.472 e. The molecule has 81 heavy (non-hydrogen) atoms. The number of ether oxygens (including phenoxy) is 2. The molecule has 0 rings (SSSR count). The van der Waals surface area contributed by atoms with Crippen molar-refractivity contribution >= 4 is 19.8 Å². The lowest BCUT2D eigenvalue weighted by molar-refractivity contribution is -0.161. The maximum absolute atomic E-state index is 12.7. The second-order valence-electron chi connectivity index (χ2n) is 20.2. The Morgan fingerprint density at radius 3 is 0.963 bits per heavy atom. The number of nitrogens with two attached hydrogens (primary N) is 1. The molecular weight excluding hydrogens is 1030 g/mol. The summed E-state index contributed by atoms with van der Waals surface area (Å²) in [5.74, 6) is -0.877. The van der Waals surface area contributed by atoms with E-state index < -0.39 is 32.5 Å². The van der Waals surface area contributed by atoms with Crippen molar-refractivity contribution in [3.63, 3.8) is 0 Å². The molecule has 0 fully saturated rings. The minimum absolute atomic E-state index is 0.0403. The van der Waals surface area contributed by atoms with Gasteiger partial charge >= 0.3 is 19.8 Å². The van der Waals surface area contributed by atoms with E-state index in [1.807, 2.05) is 0 Å². The Hall–Kier alpha value is -4.63. The van der Waals surface area contributed by atoms with Gasteiger partial charge in [0, 0.05) is 19.4 Å². The molecule has 2 atom stereocenters. The molecule has 0 saturated carbocycles. The van der Waals surface area contributed by atoms with Crippen LogP contribution < -0.4 is 5.73 Å². The van der Waals surface area contributed by atoms with Gasteiger partial charge in [-0.25, -0.2) is 4.57 Å². The molecule has 0 heterocycles. The zero-order valence-electron chi connectivity index (χ0n) is 50.9. The summed E-state index contributed by atoms with van der Waals surface area (Å²) in [6, 6.07) is 0. The van der Waals surface area contributed by atoms with Crippen molar-refractivity contribution in [2.75, 3.05) is 26.4 Å². The Labute approximate surface area is 495 Å². The van der Waals surface area contributed by atoms with Gasteiger partial charge in [0.2, 0.25) is 0 Å². The number of carbonyl (C=O) groups is 2. The molecule has 0 aliphatic carbocycles. The minimum atomic E-state index is -4.41. The average molecular weight is 1140 g/mol. The molecule has 0 aliphatic rings. The van der Waals surface area contributed by atoms with Gasteiger partial charge in [0.1, 0.15) is 6.61 Å². The predicted octanol–water partition coefficient (Wildman–Crippen LogP) is 20.6. The van der Waals surface area contributed by atoms with E-state index in [2.05, 4.69) is 184 Å². The summed E-state index contributed by atoms with van der Waals surface area (Å²) in [6.45, 7) is 3.46. The fraction of sp³-hybridized carbons (Fsp3) is 0.577. The number of allylic oxidation sites excluding steroid dienone is 28. The lowest BCUT2D eigenvalue weighted by atomic mass is 10.0. The average Bonchev–Trinajstić information content (AvgIpc) is 3.46. The van der Waals surface area contributed by atoms with E-state index >= 15 is 0 Å². The molecule has 0 radical (unpaired) electrons. The van der Waals surface area contributed by atoms with Crippen molar-refractivity contribution in [3.8, 4) is 0 Å². The van der Waals surface area contributed by atoms with Crippen molar-refractivity contribution in [1.29, 1.82) is 0 Å². The third kappa shape index (κ3) is 64.4. The quantitative estimate of drug-likeness (QED) is 0.0264. The van der Waals surface area contributed by atoms with Gasteiger partial charge < -0.3 is 20.1 Å². The predicted molar refractivity (Wildman–Crippen MR) is 348 cm³/mol. The first kappa shape index (κ1) is 76.4. The SMILES string of the molecule is CC/C=C\C/C=C\C/C=C\C/C=C\C/C=C\C/C=C\C/C=C\C/C=C\C/C=C\CCCCCCCCCCCCCCCC(=O)OC(COC(=O)CCCCC/C=C\C/C=C\C/C=C\C/C=C\C/C=C\CC)COP(=O)(O)OCCN. The van der Waals surface area contributed by atoms with Crippen molar-refractivity contribution in [2.45, 2.75) is 238 Å². The van der Waals surface area contributed by atoms with Crippen LogP contribution in [0, 0.1) is 0 Å². The second kappa shape index (κ2) is 64.5. The largest absolute Gasteiger partial charge is 0.472 e. The summed E-state index contributed by atoms with van der Waals surface area (Å²) in [4.78, 5) is 35.2. The zero-order valence-corrected chi connectivity index (χ0v) is 51.8. The molecule has 0 amide bonds. The molecule has 2 unspecified atom stereocenters. The van der Waals surface area contributed by atoms with E-state index in [1.54, 1.807) is 0 Å². The normalized spacial score (nSPS) is 14.2. The highest BCUT2D eigenvalue weighted by atomic mass is 31.2. The second-order valence-corrected chi connectivity index (χ2v) is 21.6. The molecule has 0 bridgehead atoms. The molecule has 9 nitrogen and oxygen atoms in total. The molecule has 0 saturated heterocycles. The first-order valence-electron chi connectivity index (χ1n) is 31.6. The number of rotatable bonds is 57. The Morgan fingerprint density at radius 1 is 0.370 bits per heavy atom. The highest BCUT2D eigenvalue weighted by Crippen LogP contribution is 2.43. The summed E-state index contributed by atoms with van der Waals surface area (Å²) >= 11 is 0. The molecule has 0 aliphatic heterocycles. The number of carbonyl (C=O) groups excluding carboxylic acids is 2. The first-order valence-corrected chi connectivity index (χ1v) is 33.1. The van der Waals surface area contributed by atoms with E-state index in [-0.39, 0.29) is 32.6 Å². The fourth-order valence-corrected chi connectivity index (χ4v) is 8.77. The van der Waals surface area contributed by atoms with Gasteiger partial charge in [0.25, 0.3) is 0 Å². The van der Waals surface area contributed by atoms with E-state index in [1.165, 1.54) is 64.2 Å². The van der Waals surface area contributed by atoms with E-state index in [0.717, 1.165) is 128 Å². The molecule has 10 heteroatoms. The Kier molecular flexibility index (Phi) is 60.8. The molecule has 0 aromatic heterocycles. The van der Waals surface area contributed by atoms with Gasteiger partial charge in [-0.15, -0.1) is 0 Å². The summed E-state index contributed by atoms with van der Waals surface area (Å²) < 4.78 is 33.0. The van der Waals surface area contributed by atoms with Crippen LogP contribution in [0.2, 0.25) is 0 Å². The Morgan fingerprint density at radius 2 is 0.642 bits per heavy atom. The highest BCUT2D eigenvalue weighted by molar-refractivity contribution is 7.47. The standard InChI is InChI=1S/C71H114NO8P/c1-3-5-7-9-11-13-15-17-19-21-23-24-25-26-27-28-29-30-31-32-33-34-35-36-37-38-39-40-41-42-43-44-46-48-50-52-54-56-58-60-62-64-71(74)80-69(68-79-81(75,76)78-66-65-72)67-77-70(73)63-61-59-57-55-53-51-49-47-45-22-20-18-16-14-12-10-8-6-4-2/h5-8,11-14,17-20,23-24,26-27,29-30,32-33,35-36,38-39,45,47,51,53,69H,3-4,9-10,15-16,21-22,25,28,31,34,37,40-44,46,48-50,52,54-68,72H2,1-2H3,(H,75,76)/b7-5-,8-6-,13-11-,14-12-,19-17-,20-18-,24-23-,27-26-,30-29-,33-32-,36-35-,39-38-,47-45-,53-51-. The number of hydrogen-bond acceptors (Lipinski definition) is 8. The van der Waals surface area contributed by atoms with Crippen LogP contribution in [-0.2, 0) is 32.7 Å². The Balaban J connectivity index is 3.97. The van der Waals surface area contributed by atoms with Crippen LogP contribution in [-0.4, -0.2) is 49.3 Å². The van der Waals surface area contributed by atoms with Gasteiger partial charge in [0.15, 0.2) is 6.10 Å². The lowest BCUT2D eigenvalue weighted by Gasteiger charge is -2.19. The minimum Gasteiger partial charge on any atom is -0.462 e. The van der Waals surface area contributed by atoms with Gasteiger partial charge in [0.05, 0.1) is 13.2 Å². The zero-order chi connectivity index (χ0) is 58.7. The number of hydrogen-bond donors (Lipinski definition) is 2. The number of unbranched alkanes of at least 4 members (excludes halogenated alkanes) is 16. The van der Waals surface area contributed by atoms with Crippen molar-refractivity contribution in [3.05, 3.63) is 170 Å². The van der Waals surface area contributed by atoms with Gasteiger partial charge in [-0.3, -0.25) is 18.6 Å². The van der Waals surface area contributed by atoms with Gasteiger partial charge in [-0.1, -0.05) is 261 Å². The highest BCUT2D eigenvalue weighted by Gasteiger charge is 2.26. The monoisotopic (exact) mass is 1140 g/mol. The van der Waals surface area contributed by atoms with E-state index in [4.69, 9.17) is 24.3 Å². The van der Waals surface area contributed by atoms with Crippen molar-refractivity contribution < 1.29 is 37.6 Å². The summed E-state index contributed by atoms with van der Waals surface area (Å²) in [7, 11) is -4.41. The molecule has 3 N–H and O–H groups in total. The van der Waals surface area contributed by atoms with Crippen LogP contribution in [0.15, 0.2) is 170 Å². The van der Waals surface area contributed by atoms with Crippen LogP contribution >= 0.6 is 7.82 Å². The summed E-state index contributed by atoms with van der Waals surface area (Å²) in [5, 5.41) is 0. The van der Waals surface area contributed by atoms with Crippen LogP contribution in [0.1, 0.15) is 232 Å². The van der Waals surface area contributed by atoms with Crippen LogP contribution in [0.25, 0.3) is 0 Å². The van der Waals surface area contributed by atoms with E-state index in [0.29, 0.717) is 12.8 Å². The smallest absolute Gasteiger partial charge is 0.462 e. The van der Waals surface area contributed by atoms with Crippen molar-refractivity contribution in [1.82, 2.24) is 0 Å². The summed E-state index contributed by atoms with van der Waals surface area (Å²) in [5.41, 5.74) is 5.38. The van der Waals surface area contributed by atoms with Crippen molar-refractivity contribution in [2.24, 2.45) is 5.73 Å². The Bertz CT molecular complexity index is 1930. The molecule has 456 valence electrons. The summed E-state index contributed by atoms with van der Waals surface area (Å²) in [6.07, 6.45) is 95.7. The van der Waals surface area contributed by atoms with E-state index in [9.17, 15) is 19.0 Å². The topological polar surface area (TPSA) is 134 Å². The third-order valence-electron chi connectivity index (χ3n) is 12.6. The molecule has 0 spiro atoms. The molecule has 0 aromatic carbocycles. The van der Waals surface area contributed by atoms with Gasteiger partial charge in [-0.2, -0.15) is 0 Å². The third-order valence-corrected chi connectivity index (χ3v) is 13.6. The first-order chi connectivity index (χ1) is 39.8. The van der Waals surface area contributed by atoms with Gasteiger partial charge in [-0.05, 0) is 128 Å². The number of phosphoric acid groups is 1.